The third-order valence-electron chi connectivity index (χ3n) is 3.88. The van der Waals surface area contributed by atoms with E-state index >= 15 is 0 Å². The first-order chi connectivity index (χ1) is 9.72. The molecule has 1 aliphatic heterocycles. The van der Waals surface area contributed by atoms with Crippen molar-refractivity contribution in [2.24, 2.45) is 0 Å². The Balaban J connectivity index is 1.94. The highest BCUT2D eigenvalue weighted by Gasteiger charge is 2.15. The van der Waals surface area contributed by atoms with Gasteiger partial charge in [-0.1, -0.05) is 12.5 Å². The molecule has 4 heteroatoms. The zero-order chi connectivity index (χ0) is 14.4. The molecule has 1 heterocycles. The van der Waals surface area contributed by atoms with Crippen molar-refractivity contribution in [2.75, 3.05) is 34.4 Å². The summed E-state index contributed by atoms with van der Waals surface area (Å²) in [6.07, 6.45) is 3.94. The standard InChI is InChI=1S/C16H26N2O2/c1-18(12-14-6-4-5-9-17-14)11-13-7-8-15(19-2)10-16(13)20-3/h7-8,10,14,17H,4-6,9,11-12H2,1-3H3. The summed E-state index contributed by atoms with van der Waals surface area (Å²) in [4.78, 5) is 2.35. The number of benzene rings is 1. The second kappa shape index (κ2) is 7.50. The lowest BCUT2D eigenvalue weighted by molar-refractivity contribution is 0.253. The Labute approximate surface area is 122 Å². The molecule has 1 N–H and O–H groups in total. The number of hydrogen-bond donors (Lipinski definition) is 1. The van der Waals surface area contributed by atoms with Gasteiger partial charge in [-0.3, -0.25) is 0 Å². The summed E-state index contributed by atoms with van der Waals surface area (Å²) in [6, 6.07) is 6.65. The molecule has 0 spiro atoms. The Morgan fingerprint density at radius 1 is 1.25 bits per heavy atom. The van der Waals surface area contributed by atoms with Crippen molar-refractivity contribution in [3.63, 3.8) is 0 Å². The van der Waals surface area contributed by atoms with Crippen LogP contribution in [0.3, 0.4) is 0 Å². The molecule has 112 valence electrons. The summed E-state index contributed by atoms with van der Waals surface area (Å²) in [5.41, 5.74) is 1.20. The van der Waals surface area contributed by atoms with E-state index in [1.165, 1.54) is 24.8 Å². The van der Waals surface area contributed by atoms with E-state index in [1.54, 1.807) is 14.2 Å². The molecular weight excluding hydrogens is 252 g/mol. The zero-order valence-corrected chi connectivity index (χ0v) is 12.8. The summed E-state index contributed by atoms with van der Waals surface area (Å²) >= 11 is 0. The number of piperidine rings is 1. The lowest BCUT2D eigenvalue weighted by atomic mass is 10.0. The van der Waals surface area contributed by atoms with Gasteiger partial charge in [0.2, 0.25) is 0 Å². The highest BCUT2D eigenvalue weighted by atomic mass is 16.5. The molecular formula is C16H26N2O2. The van der Waals surface area contributed by atoms with Crippen LogP contribution in [0.25, 0.3) is 0 Å². The Bertz CT molecular complexity index is 417. The SMILES string of the molecule is COc1ccc(CN(C)CC2CCCCN2)c(OC)c1. The van der Waals surface area contributed by atoms with E-state index in [4.69, 9.17) is 9.47 Å². The van der Waals surface area contributed by atoms with Crippen molar-refractivity contribution in [1.29, 1.82) is 0 Å². The van der Waals surface area contributed by atoms with Gasteiger partial charge in [0.25, 0.3) is 0 Å². The number of ether oxygens (including phenoxy) is 2. The van der Waals surface area contributed by atoms with Crippen LogP contribution in [0.2, 0.25) is 0 Å². The predicted octanol–water partition coefficient (Wildman–Crippen LogP) is 2.28. The molecule has 0 bridgehead atoms. The molecule has 2 rings (SSSR count). The second-order valence-electron chi connectivity index (χ2n) is 5.52. The van der Waals surface area contributed by atoms with E-state index in [2.05, 4.69) is 23.3 Å². The maximum Gasteiger partial charge on any atom is 0.127 e. The van der Waals surface area contributed by atoms with Crippen LogP contribution in [0.15, 0.2) is 18.2 Å². The van der Waals surface area contributed by atoms with Crippen LogP contribution in [0, 0.1) is 0 Å². The lowest BCUT2D eigenvalue weighted by Crippen LogP contribution is -2.42. The number of hydrogen-bond acceptors (Lipinski definition) is 4. The fraction of sp³-hybridized carbons (Fsp3) is 0.625. The maximum absolute atomic E-state index is 5.46. The second-order valence-corrected chi connectivity index (χ2v) is 5.52. The van der Waals surface area contributed by atoms with Gasteiger partial charge in [-0.25, -0.2) is 0 Å². The van der Waals surface area contributed by atoms with E-state index < -0.39 is 0 Å². The fourth-order valence-corrected chi connectivity index (χ4v) is 2.79. The third kappa shape index (κ3) is 4.12. The molecule has 1 atom stereocenters. The van der Waals surface area contributed by atoms with E-state index in [1.807, 2.05) is 12.1 Å². The van der Waals surface area contributed by atoms with Crippen LogP contribution in [-0.4, -0.2) is 45.3 Å². The first-order valence-electron chi connectivity index (χ1n) is 7.35. The Morgan fingerprint density at radius 2 is 2.10 bits per heavy atom. The van der Waals surface area contributed by atoms with E-state index in [0.29, 0.717) is 6.04 Å². The first kappa shape index (κ1) is 15.1. The topological polar surface area (TPSA) is 33.7 Å². The molecule has 0 aromatic heterocycles. The minimum atomic E-state index is 0.623. The molecule has 1 fully saturated rings. The van der Waals surface area contributed by atoms with Crippen LogP contribution >= 0.6 is 0 Å². The molecule has 1 aliphatic rings. The molecule has 1 unspecified atom stereocenters. The van der Waals surface area contributed by atoms with E-state index in [9.17, 15) is 0 Å². The van der Waals surface area contributed by atoms with Gasteiger partial charge in [-0.15, -0.1) is 0 Å². The average Bonchev–Trinajstić information content (AvgIpc) is 2.48. The Kier molecular flexibility index (Phi) is 5.68. The summed E-state index contributed by atoms with van der Waals surface area (Å²) in [5, 5.41) is 3.59. The Morgan fingerprint density at radius 3 is 2.75 bits per heavy atom. The molecule has 20 heavy (non-hydrogen) atoms. The van der Waals surface area contributed by atoms with Crippen molar-refractivity contribution in [3.8, 4) is 11.5 Å². The minimum Gasteiger partial charge on any atom is -0.497 e. The molecule has 0 aliphatic carbocycles. The quantitative estimate of drug-likeness (QED) is 0.865. The van der Waals surface area contributed by atoms with Gasteiger partial charge in [-0.2, -0.15) is 0 Å². The van der Waals surface area contributed by atoms with Crippen LogP contribution < -0.4 is 14.8 Å². The Hall–Kier alpha value is -1.26. The smallest absolute Gasteiger partial charge is 0.127 e. The van der Waals surface area contributed by atoms with Crippen LogP contribution in [0.1, 0.15) is 24.8 Å². The normalized spacial score (nSPS) is 19.1. The maximum atomic E-state index is 5.46. The largest absolute Gasteiger partial charge is 0.497 e. The molecule has 0 amide bonds. The zero-order valence-electron chi connectivity index (χ0n) is 12.8. The van der Waals surface area contributed by atoms with Crippen molar-refractivity contribution in [1.82, 2.24) is 10.2 Å². The van der Waals surface area contributed by atoms with Gasteiger partial charge in [0.05, 0.1) is 14.2 Å². The predicted molar refractivity (Wildman–Crippen MR) is 81.5 cm³/mol. The number of rotatable bonds is 6. The van der Waals surface area contributed by atoms with Crippen molar-refractivity contribution >= 4 is 0 Å². The molecule has 4 nitrogen and oxygen atoms in total. The molecule has 0 radical (unpaired) electrons. The van der Waals surface area contributed by atoms with Crippen molar-refractivity contribution < 1.29 is 9.47 Å². The lowest BCUT2D eigenvalue weighted by Gasteiger charge is -2.28. The number of methoxy groups -OCH3 is 2. The van der Waals surface area contributed by atoms with Gasteiger partial charge in [0.15, 0.2) is 0 Å². The van der Waals surface area contributed by atoms with Crippen LogP contribution in [-0.2, 0) is 6.54 Å². The molecule has 1 aromatic carbocycles. The third-order valence-corrected chi connectivity index (χ3v) is 3.88. The van der Waals surface area contributed by atoms with E-state index in [0.717, 1.165) is 31.1 Å². The fourth-order valence-electron chi connectivity index (χ4n) is 2.79. The molecule has 1 saturated heterocycles. The minimum absolute atomic E-state index is 0.623. The van der Waals surface area contributed by atoms with Crippen LogP contribution in [0.5, 0.6) is 11.5 Å². The van der Waals surface area contributed by atoms with Crippen molar-refractivity contribution in [2.45, 2.75) is 31.8 Å². The number of nitrogens with zero attached hydrogens (tertiary/aromatic N) is 1. The van der Waals surface area contributed by atoms with Gasteiger partial charge >= 0.3 is 0 Å². The van der Waals surface area contributed by atoms with Crippen LogP contribution in [0.4, 0.5) is 0 Å². The van der Waals surface area contributed by atoms with Gasteiger partial charge in [0.1, 0.15) is 11.5 Å². The number of nitrogens with one attached hydrogen (secondary N) is 1. The summed E-state index contributed by atoms with van der Waals surface area (Å²) < 4.78 is 10.7. The first-order valence-corrected chi connectivity index (χ1v) is 7.35. The monoisotopic (exact) mass is 278 g/mol. The molecule has 1 aromatic rings. The number of likely N-dealkylation sites (N-methyl/N-ethyl adjacent to an activating group) is 1. The highest BCUT2D eigenvalue weighted by molar-refractivity contribution is 5.40. The van der Waals surface area contributed by atoms with Gasteiger partial charge in [-0.05, 0) is 32.5 Å². The summed E-state index contributed by atoms with van der Waals surface area (Å²) in [7, 11) is 5.55. The highest BCUT2D eigenvalue weighted by Crippen LogP contribution is 2.25. The van der Waals surface area contributed by atoms with Crippen molar-refractivity contribution in [3.05, 3.63) is 23.8 Å². The summed E-state index contributed by atoms with van der Waals surface area (Å²) in [5.74, 6) is 1.73. The molecule has 0 saturated carbocycles. The van der Waals surface area contributed by atoms with E-state index in [-0.39, 0.29) is 0 Å². The average molecular weight is 278 g/mol. The van der Waals surface area contributed by atoms with Gasteiger partial charge in [0, 0.05) is 30.8 Å². The summed E-state index contributed by atoms with van der Waals surface area (Å²) in [6.45, 7) is 3.13. The van der Waals surface area contributed by atoms with Gasteiger partial charge < -0.3 is 19.7 Å².